The molecule has 0 aliphatic heterocycles. The van der Waals surface area contributed by atoms with Gasteiger partial charge in [-0.25, -0.2) is 9.78 Å². The smallest absolute Gasteiger partial charge is 0.348 e. The fraction of sp³-hybridized carbons (Fsp3) is 0.571. The monoisotopic (exact) mass is 373 g/mol. The summed E-state index contributed by atoms with van der Waals surface area (Å²) in [5, 5.41) is 9.52. The molecule has 102 valence electrons. The van der Waals surface area contributed by atoms with Gasteiger partial charge in [-0.3, -0.25) is 0 Å². The summed E-state index contributed by atoms with van der Waals surface area (Å²) in [7, 11) is 0. The lowest BCUT2D eigenvalue weighted by Crippen LogP contribution is -2.53. The van der Waals surface area contributed by atoms with Crippen LogP contribution in [-0.4, -0.2) is 21.7 Å². The van der Waals surface area contributed by atoms with E-state index >= 15 is 0 Å². The van der Waals surface area contributed by atoms with E-state index in [4.69, 9.17) is 4.74 Å². The van der Waals surface area contributed by atoms with Crippen molar-refractivity contribution < 1.29 is 14.6 Å². The van der Waals surface area contributed by atoms with Crippen molar-refractivity contribution >= 4 is 28.6 Å². The van der Waals surface area contributed by atoms with Gasteiger partial charge in [0.25, 0.3) is 0 Å². The van der Waals surface area contributed by atoms with Crippen LogP contribution in [-0.2, 0) is 4.79 Å². The molecule has 0 saturated heterocycles. The third-order valence-electron chi connectivity index (χ3n) is 4.54. The van der Waals surface area contributed by atoms with Gasteiger partial charge in [-0.2, -0.15) is 0 Å². The fourth-order valence-electron chi connectivity index (χ4n) is 2.90. The topological polar surface area (TPSA) is 59.4 Å². The molecule has 0 amide bonds. The number of carbonyl (C=O) groups is 1. The highest BCUT2D eigenvalue weighted by Crippen LogP contribution is 2.65. The molecule has 2 aliphatic carbocycles. The third-order valence-corrected chi connectivity index (χ3v) is 5.17. The van der Waals surface area contributed by atoms with Crippen molar-refractivity contribution in [2.24, 2.45) is 11.3 Å². The van der Waals surface area contributed by atoms with Crippen LogP contribution < -0.4 is 4.74 Å². The van der Waals surface area contributed by atoms with E-state index in [1.165, 1.54) is 12.8 Å². The van der Waals surface area contributed by atoms with Crippen LogP contribution in [0.3, 0.4) is 0 Å². The Bertz CT molecular complexity index is 504. The Kier molecular flexibility index (Phi) is 2.99. The lowest BCUT2D eigenvalue weighted by molar-refractivity contribution is -0.165. The Balaban J connectivity index is 1.76. The van der Waals surface area contributed by atoms with Crippen LogP contribution in [0.25, 0.3) is 0 Å². The number of carboxylic acids is 1. The molecule has 2 fully saturated rings. The Morgan fingerprint density at radius 2 is 2.21 bits per heavy atom. The first-order chi connectivity index (χ1) is 8.93. The summed E-state index contributed by atoms with van der Waals surface area (Å²) >= 11 is 2.16. The lowest BCUT2D eigenvalue weighted by Gasteiger charge is -2.44. The largest absolute Gasteiger partial charge is 0.478 e. The molecule has 1 spiro atoms. The standard InChI is InChI=1S/C14H16INO3/c1-13(12(17)18,9-6-14(7-9)4-5-14)19-11-3-2-10(15)8-16-11/h2-3,8-9H,4-7H2,1H3,(H,17,18). The molecule has 1 unspecified atom stereocenters. The number of carboxylic acid groups (broad SMARTS) is 1. The first kappa shape index (κ1) is 13.1. The molecule has 1 aromatic rings. The number of halogens is 1. The summed E-state index contributed by atoms with van der Waals surface area (Å²) in [6.45, 7) is 1.68. The number of rotatable bonds is 4. The molecular weight excluding hydrogens is 357 g/mol. The second-order valence-corrected chi connectivity index (χ2v) is 7.18. The quantitative estimate of drug-likeness (QED) is 0.825. The van der Waals surface area contributed by atoms with Crippen molar-refractivity contribution in [2.45, 2.75) is 38.2 Å². The molecule has 5 heteroatoms. The molecule has 1 N–H and O–H groups in total. The summed E-state index contributed by atoms with van der Waals surface area (Å²) in [6.07, 6.45) is 6.13. The molecule has 0 aromatic carbocycles. The fourth-order valence-corrected chi connectivity index (χ4v) is 3.22. The van der Waals surface area contributed by atoms with E-state index in [1.54, 1.807) is 19.2 Å². The lowest BCUT2D eigenvalue weighted by atomic mass is 9.64. The molecule has 19 heavy (non-hydrogen) atoms. The Morgan fingerprint density at radius 3 is 2.68 bits per heavy atom. The minimum atomic E-state index is -1.16. The first-order valence-corrected chi connectivity index (χ1v) is 7.55. The molecule has 2 aliphatic rings. The van der Waals surface area contributed by atoms with Gasteiger partial charge >= 0.3 is 5.97 Å². The van der Waals surface area contributed by atoms with E-state index in [0.717, 1.165) is 16.4 Å². The number of hydrogen-bond donors (Lipinski definition) is 1. The van der Waals surface area contributed by atoms with Gasteiger partial charge in [0, 0.05) is 21.8 Å². The Labute approximate surface area is 125 Å². The predicted octanol–water partition coefficient (Wildman–Crippen LogP) is 3.10. The SMILES string of the molecule is CC(Oc1ccc(I)cn1)(C(=O)O)C1CC2(CC2)C1. The molecule has 3 rings (SSSR count). The van der Waals surface area contributed by atoms with Crippen LogP contribution in [0.15, 0.2) is 18.3 Å². The van der Waals surface area contributed by atoms with Crippen molar-refractivity contribution in [1.29, 1.82) is 0 Å². The van der Waals surface area contributed by atoms with Crippen LogP contribution in [0, 0.1) is 14.9 Å². The van der Waals surface area contributed by atoms with E-state index in [-0.39, 0.29) is 5.92 Å². The Morgan fingerprint density at radius 1 is 1.53 bits per heavy atom. The average molecular weight is 373 g/mol. The second-order valence-electron chi connectivity index (χ2n) is 5.93. The van der Waals surface area contributed by atoms with Crippen LogP contribution >= 0.6 is 22.6 Å². The van der Waals surface area contributed by atoms with Crippen LogP contribution in [0.1, 0.15) is 32.6 Å². The number of nitrogens with zero attached hydrogens (tertiary/aromatic N) is 1. The van der Waals surface area contributed by atoms with Crippen molar-refractivity contribution in [3.05, 3.63) is 21.9 Å². The second kappa shape index (κ2) is 4.33. The normalized spacial score (nSPS) is 23.5. The maximum atomic E-state index is 11.6. The maximum Gasteiger partial charge on any atom is 0.348 e. The molecule has 0 bridgehead atoms. The van der Waals surface area contributed by atoms with E-state index in [9.17, 15) is 9.90 Å². The predicted molar refractivity (Wildman–Crippen MR) is 78.0 cm³/mol. The zero-order valence-electron chi connectivity index (χ0n) is 10.7. The van der Waals surface area contributed by atoms with E-state index in [1.807, 2.05) is 6.07 Å². The van der Waals surface area contributed by atoms with Crippen LogP contribution in [0.5, 0.6) is 5.88 Å². The number of pyridine rings is 1. The van der Waals surface area contributed by atoms with Gasteiger partial charge in [-0.05, 0) is 66.7 Å². The Hall–Kier alpha value is -0.850. The van der Waals surface area contributed by atoms with Crippen molar-refractivity contribution in [3.8, 4) is 5.88 Å². The van der Waals surface area contributed by atoms with Crippen molar-refractivity contribution in [3.63, 3.8) is 0 Å². The number of ether oxygens (including phenoxy) is 1. The number of hydrogen-bond acceptors (Lipinski definition) is 3. The van der Waals surface area contributed by atoms with E-state index in [2.05, 4.69) is 27.6 Å². The zero-order valence-corrected chi connectivity index (χ0v) is 12.9. The highest BCUT2D eigenvalue weighted by molar-refractivity contribution is 14.1. The van der Waals surface area contributed by atoms with E-state index in [0.29, 0.717) is 11.3 Å². The van der Waals surface area contributed by atoms with Crippen LogP contribution in [0.4, 0.5) is 0 Å². The molecule has 1 aromatic heterocycles. The van der Waals surface area contributed by atoms with Crippen molar-refractivity contribution in [1.82, 2.24) is 4.98 Å². The van der Waals surface area contributed by atoms with Gasteiger partial charge in [-0.15, -0.1) is 0 Å². The molecule has 0 radical (unpaired) electrons. The number of aromatic nitrogens is 1. The molecule has 1 heterocycles. The van der Waals surface area contributed by atoms with Crippen molar-refractivity contribution in [2.75, 3.05) is 0 Å². The van der Waals surface area contributed by atoms with Gasteiger partial charge in [0.1, 0.15) is 0 Å². The van der Waals surface area contributed by atoms with Gasteiger partial charge in [0.05, 0.1) is 0 Å². The number of aliphatic carboxylic acids is 1. The maximum absolute atomic E-state index is 11.6. The summed E-state index contributed by atoms with van der Waals surface area (Å²) < 4.78 is 6.73. The first-order valence-electron chi connectivity index (χ1n) is 6.48. The third kappa shape index (κ3) is 2.32. The molecule has 1 atom stereocenters. The van der Waals surface area contributed by atoms with Crippen LogP contribution in [0.2, 0.25) is 0 Å². The summed E-state index contributed by atoms with van der Waals surface area (Å²) in [6, 6.07) is 3.60. The molecule has 2 saturated carbocycles. The van der Waals surface area contributed by atoms with Gasteiger partial charge in [0.15, 0.2) is 0 Å². The average Bonchev–Trinajstić information content (AvgIpc) is 3.10. The van der Waals surface area contributed by atoms with E-state index < -0.39 is 11.6 Å². The minimum Gasteiger partial charge on any atom is -0.478 e. The summed E-state index contributed by atoms with van der Waals surface area (Å²) in [4.78, 5) is 15.7. The summed E-state index contributed by atoms with van der Waals surface area (Å²) in [5.41, 5.74) is -0.697. The van der Waals surface area contributed by atoms with Gasteiger partial charge in [0.2, 0.25) is 11.5 Å². The van der Waals surface area contributed by atoms with Gasteiger partial charge in [-0.1, -0.05) is 0 Å². The summed E-state index contributed by atoms with van der Waals surface area (Å²) in [5.74, 6) is -0.413. The minimum absolute atomic E-state index is 0.0913. The zero-order chi connectivity index (χ0) is 13.7. The molecule has 4 nitrogen and oxygen atoms in total. The molecular formula is C14H16INO3. The van der Waals surface area contributed by atoms with Gasteiger partial charge < -0.3 is 9.84 Å². The highest BCUT2D eigenvalue weighted by Gasteiger charge is 2.61. The highest BCUT2D eigenvalue weighted by atomic mass is 127.